The molecular weight excluding hydrogens is 382 g/mol. The largest absolute Gasteiger partial charge is 0.504 e. The quantitative estimate of drug-likeness (QED) is 0.431. The summed E-state index contributed by atoms with van der Waals surface area (Å²) in [6, 6.07) is 18.5. The van der Waals surface area contributed by atoms with Crippen LogP contribution in [0.15, 0.2) is 71.8 Å². The Balaban J connectivity index is 1.65. The van der Waals surface area contributed by atoms with E-state index in [2.05, 4.69) is 15.8 Å². The fourth-order valence-electron chi connectivity index (χ4n) is 2.73. The van der Waals surface area contributed by atoms with Crippen LogP contribution in [0.4, 0.5) is 5.69 Å². The monoisotopic (exact) mass is 403 g/mol. The van der Waals surface area contributed by atoms with Gasteiger partial charge < -0.3 is 15.2 Å². The lowest BCUT2D eigenvalue weighted by molar-refractivity contribution is 0.0953. The molecule has 0 heterocycles. The minimum atomic E-state index is -0.427. The van der Waals surface area contributed by atoms with Crippen LogP contribution in [0.3, 0.4) is 0 Å². The van der Waals surface area contributed by atoms with Gasteiger partial charge in [0.25, 0.3) is 11.8 Å². The second kappa shape index (κ2) is 9.38. The van der Waals surface area contributed by atoms with Crippen LogP contribution in [0.25, 0.3) is 0 Å². The minimum absolute atomic E-state index is 0.0169. The van der Waals surface area contributed by atoms with Crippen LogP contribution in [0.1, 0.15) is 31.8 Å². The topological polar surface area (TPSA) is 100 Å². The molecule has 0 radical (unpaired) electrons. The minimum Gasteiger partial charge on any atom is -0.504 e. The highest BCUT2D eigenvalue weighted by Gasteiger charge is 2.09. The Labute approximate surface area is 174 Å². The Hall–Kier alpha value is -4.13. The molecule has 3 aromatic carbocycles. The molecule has 3 rings (SSSR count). The highest BCUT2D eigenvalue weighted by Crippen LogP contribution is 2.25. The van der Waals surface area contributed by atoms with Crippen molar-refractivity contribution < 1.29 is 19.4 Å². The maximum atomic E-state index is 12.4. The van der Waals surface area contributed by atoms with Gasteiger partial charge in [0.2, 0.25) is 0 Å². The molecular formula is C23H21N3O4. The first-order valence-electron chi connectivity index (χ1n) is 9.15. The number of carbonyl (C=O) groups excluding carboxylic acids is 2. The molecule has 0 aliphatic rings. The lowest BCUT2D eigenvalue weighted by Crippen LogP contribution is -2.18. The first-order chi connectivity index (χ1) is 14.5. The lowest BCUT2D eigenvalue weighted by Gasteiger charge is -2.07. The standard InChI is InChI=1S/C23H21N3O4/c1-15-5-3-6-17(11-15)22(28)25-19-8-4-7-18(13-19)23(29)26-24-14-16-9-10-20(27)21(12-16)30-2/h3-14,27H,1-2H3,(H,25,28)(H,26,29)/b24-14+. The summed E-state index contributed by atoms with van der Waals surface area (Å²) in [6.45, 7) is 1.91. The van der Waals surface area contributed by atoms with Crippen molar-refractivity contribution in [2.75, 3.05) is 12.4 Å². The van der Waals surface area contributed by atoms with E-state index in [-0.39, 0.29) is 11.7 Å². The number of benzene rings is 3. The van der Waals surface area contributed by atoms with Gasteiger partial charge in [-0.1, -0.05) is 23.8 Å². The van der Waals surface area contributed by atoms with Gasteiger partial charge >= 0.3 is 0 Å². The van der Waals surface area contributed by atoms with Crippen LogP contribution in [0.5, 0.6) is 11.5 Å². The van der Waals surface area contributed by atoms with Crippen molar-refractivity contribution in [2.24, 2.45) is 5.10 Å². The van der Waals surface area contributed by atoms with E-state index in [9.17, 15) is 14.7 Å². The molecule has 30 heavy (non-hydrogen) atoms. The zero-order chi connectivity index (χ0) is 21.5. The first-order valence-corrected chi connectivity index (χ1v) is 9.15. The van der Waals surface area contributed by atoms with Crippen LogP contribution in [-0.4, -0.2) is 30.2 Å². The van der Waals surface area contributed by atoms with E-state index in [1.807, 2.05) is 19.1 Å². The number of nitrogens with zero attached hydrogens (tertiary/aromatic N) is 1. The number of hydrogen-bond acceptors (Lipinski definition) is 5. The first kappa shape index (κ1) is 20.6. The number of ether oxygens (including phenoxy) is 1. The summed E-state index contributed by atoms with van der Waals surface area (Å²) in [4.78, 5) is 24.8. The number of phenolic OH excluding ortho intramolecular Hbond substituents is 1. The molecule has 0 aromatic heterocycles. The fraction of sp³-hybridized carbons (Fsp3) is 0.0870. The molecule has 7 heteroatoms. The van der Waals surface area contributed by atoms with Gasteiger partial charge in [-0.25, -0.2) is 5.43 Å². The highest BCUT2D eigenvalue weighted by atomic mass is 16.5. The van der Waals surface area contributed by atoms with Gasteiger partial charge in [-0.15, -0.1) is 0 Å². The number of methoxy groups -OCH3 is 1. The smallest absolute Gasteiger partial charge is 0.271 e. The van der Waals surface area contributed by atoms with E-state index in [1.165, 1.54) is 19.4 Å². The summed E-state index contributed by atoms with van der Waals surface area (Å²) < 4.78 is 5.03. The van der Waals surface area contributed by atoms with Crippen LogP contribution in [0, 0.1) is 6.92 Å². The number of aryl methyl sites for hydroxylation is 1. The van der Waals surface area contributed by atoms with Crippen LogP contribution in [-0.2, 0) is 0 Å². The second-order valence-electron chi connectivity index (χ2n) is 6.53. The van der Waals surface area contributed by atoms with Gasteiger partial charge in [0.05, 0.1) is 13.3 Å². The van der Waals surface area contributed by atoms with Crippen LogP contribution >= 0.6 is 0 Å². The molecule has 7 nitrogen and oxygen atoms in total. The summed E-state index contributed by atoms with van der Waals surface area (Å²) in [5.41, 5.74) is 5.45. The molecule has 0 saturated carbocycles. The van der Waals surface area contributed by atoms with Crippen molar-refractivity contribution in [3.8, 4) is 11.5 Å². The number of anilines is 1. The van der Waals surface area contributed by atoms with Crippen LogP contribution < -0.4 is 15.5 Å². The number of hydrazone groups is 1. The van der Waals surface area contributed by atoms with Gasteiger partial charge in [-0.3, -0.25) is 9.59 Å². The number of nitrogens with one attached hydrogen (secondary N) is 2. The fourth-order valence-corrected chi connectivity index (χ4v) is 2.73. The Morgan fingerprint density at radius 3 is 2.43 bits per heavy atom. The van der Waals surface area contributed by atoms with Crippen molar-refractivity contribution in [3.05, 3.63) is 89.0 Å². The van der Waals surface area contributed by atoms with Crippen molar-refractivity contribution >= 4 is 23.7 Å². The number of phenols is 1. The summed E-state index contributed by atoms with van der Waals surface area (Å²) in [6.07, 6.45) is 1.43. The Morgan fingerprint density at radius 2 is 1.70 bits per heavy atom. The molecule has 152 valence electrons. The van der Waals surface area contributed by atoms with Crippen molar-refractivity contribution in [2.45, 2.75) is 6.92 Å². The second-order valence-corrected chi connectivity index (χ2v) is 6.53. The number of aromatic hydroxyl groups is 1. The number of hydrogen-bond donors (Lipinski definition) is 3. The number of rotatable bonds is 6. The third-order valence-electron chi connectivity index (χ3n) is 4.25. The van der Waals surface area contributed by atoms with Crippen molar-refractivity contribution in [3.63, 3.8) is 0 Å². The van der Waals surface area contributed by atoms with E-state index in [0.29, 0.717) is 28.1 Å². The SMILES string of the molecule is COc1cc(/C=N/NC(=O)c2cccc(NC(=O)c3cccc(C)c3)c2)ccc1O. The summed E-state index contributed by atoms with van der Waals surface area (Å²) in [7, 11) is 1.45. The number of amides is 2. The molecule has 0 bridgehead atoms. The maximum absolute atomic E-state index is 12.4. The van der Waals surface area contributed by atoms with Gasteiger partial charge in [-0.2, -0.15) is 5.10 Å². The molecule has 0 spiro atoms. The van der Waals surface area contributed by atoms with E-state index in [0.717, 1.165) is 5.56 Å². The zero-order valence-electron chi connectivity index (χ0n) is 16.5. The van der Waals surface area contributed by atoms with E-state index < -0.39 is 5.91 Å². The van der Waals surface area contributed by atoms with Gasteiger partial charge in [0.1, 0.15) is 0 Å². The van der Waals surface area contributed by atoms with Gasteiger partial charge in [0, 0.05) is 16.8 Å². The average Bonchev–Trinajstić information content (AvgIpc) is 2.75. The third kappa shape index (κ3) is 5.23. The molecule has 0 atom stereocenters. The summed E-state index contributed by atoms with van der Waals surface area (Å²) in [5, 5.41) is 16.3. The molecule has 0 aliphatic heterocycles. The highest BCUT2D eigenvalue weighted by molar-refractivity contribution is 6.05. The molecule has 3 N–H and O–H groups in total. The summed E-state index contributed by atoms with van der Waals surface area (Å²) >= 11 is 0. The lowest BCUT2D eigenvalue weighted by atomic mass is 10.1. The predicted molar refractivity (Wildman–Crippen MR) is 115 cm³/mol. The van der Waals surface area contributed by atoms with Gasteiger partial charge in [0.15, 0.2) is 11.5 Å². The predicted octanol–water partition coefficient (Wildman–Crippen LogP) is 3.73. The van der Waals surface area contributed by atoms with E-state index in [4.69, 9.17) is 4.74 Å². The molecule has 3 aromatic rings. The Morgan fingerprint density at radius 1 is 0.967 bits per heavy atom. The third-order valence-corrected chi connectivity index (χ3v) is 4.25. The molecule has 0 saturated heterocycles. The average molecular weight is 403 g/mol. The van der Waals surface area contributed by atoms with Crippen molar-refractivity contribution in [1.29, 1.82) is 0 Å². The summed E-state index contributed by atoms with van der Waals surface area (Å²) in [5.74, 6) is -0.357. The molecule has 0 fully saturated rings. The molecule has 2 amide bonds. The van der Waals surface area contributed by atoms with E-state index in [1.54, 1.807) is 48.5 Å². The Bertz CT molecular complexity index is 1110. The van der Waals surface area contributed by atoms with Crippen molar-refractivity contribution in [1.82, 2.24) is 5.43 Å². The number of carbonyl (C=O) groups is 2. The van der Waals surface area contributed by atoms with Crippen LogP contribution in [0.2, 0.25) is 0 Å². The maximum Gasteiger partial charge on any atom is 0.271 e. The normalized spacial score (nSPS) is 10.6. The van der Waals surface area contributed by atoms with Gasteiger partial charge in [-0.05, 0) is 61.0 Å². The van der Waals surface area contributed by atoms with E-state index >= 15 is 0 Å². The zero-order valence-corrected chi connectivity index (χ0v) is 16.5. The molecule has 0 aliphatic carbocycles. The Kier molecular flexibility index (Phi) is 6.44. The molecule has 0 unspecified atom stereocenters.